The summed E-state index contributed by atoms with van der Waals surface area (Å²) in [5.41, 5.74) is 0.773. The SMILES string of the molecule is COc1ccc(C(O)C#Cc2cccs2)cc1. The highest BCUT2D eigenvalue weighted by Crippen LogP contribution is 2.17. The lowest BCUT2D eigenvalue weighted by atomic mass is 10.1. The topological polar surface area (TPSA) is 29.5 Å². The van der Waals surface area contributed by atoms with Crippen LogP contribution in [0.5, 0.6) is 5.75 Å². The lowest BCUT2D eigenvalue weighted by Gasteiger charge is -2.04. The van der Waals surface area contributed by atoms with Crippen LogP contribution in [-0.4, -0.2) is 12.2 Å². The van der Waals surface area contributed by atoms with Crippen molar-refractivity contribution >= 4 is 11.3 Å². The Hall–Kier alpha value is -1.76. The summed E-state index contributed by atoms with van der Waals surface area (Å²) in [6.07, 6.45) is -0.761. The fraction of sp³-hybridized carbons (Fsp3) is 0.143. The number of hydrogen-bond acceptors (Lipinski definition) is 3. The van der Waals surface area contributed by atoms with Crippen LogP contribution in [-0.2, 0) is 0 Å². The molecule has 0 bridgehead atoms. The van der Waals surface area contributed by atoms with Gasteiger partial charge in [-0.1, -0.05) is 30.0 Å². The molecule has 1 aromatic carbocycles. The summed E-state index contributed by atoms with van der Waals surface area (Å²) < 4.78 is 5.05. The van der Waals surface area contributed by atoms with Gasteiger partial charge in [-0.2, -0.15) is 0 Å². The second kappa shape index (κ2) is 5.53. The number of hydrogen-bond donors (Lipinski definition) is 1. The summed E-state index contributed by atoms with van der Waals surface area (Å²) in [4.78, 5) is 0.956. The van der Waals surface area contributed by atoms with Crippen LogP contribution in [0.25, 0.3) is 0 Å². The van der Waals surface area contributed by atoms with Crippen molar-refractivity contribution in [2.45, 2.75) is 6.10 Å². The molecule has 2 aromatic rings. The lowest BCUT2D eigenvalue weighted by Crippen LogP contribution is -1.93. The molecule has 3 heteroatoms. The second-order valence-electron chi connectivity index (χ2n) is 3.42. The first-order valence-corrected chi connectivity index (χ1v) is 6.04. The van der Waals surface area contributed by atoms with Crippen LogP contribution in [0.15, 0.2) is 41.8 Å². The van der Waals surface area contributed by atoms with E-state index in [9.17, 15) is 5.11 Å². The molecule has 1 atom stereocenters. The van der Waals surface area contributed by atoms with Crippen LogP contribution in [0.1, 0.15) is 16.5 Å². The molecule has 1 heterocycles. The van der Waals surface area contributed by atoms with Gasteiger partial charge in [0, 0.05) is 0 Å². The normalized spacial score (nSPS) is 11.4. The number of benzene rings is 1. The average Bonchev–Trinajstić information content (AvgIpc) is 2.89. The predicted molar refractivity (Wildman–Crippen MR) is 69.2 cm³/mol. The molecule has 0 amide bonds. The van der Waals surface area contributed by atoms with Crippen LogP contribution >= 0.6 is 11.3 Å². The molecule has 0 aliphatic heterocycles. The smallest absolute Gasteiger partial charge is 0.140 e. The third kappa shape index (κ3) is 3.10. The van der Waals surface area contributed by atoms with Crippen molar-refractivity contribution in [3.8, 4) is 17.6 Å². The Balaban J connectivity index is 2.11. The molecule has 1 unspecified atom stereocenters. The largest absolute Gasteiger partial charge is 0.497 e. The Morgan fingerprint density at radius 2 is 2.00 bits per heavy atom. The first-order chi connectivity index (χ1) is 8.29. The Morgan fingerprint density at radius 3 is 2.59 bits per heavy atom. The summed E-state index contributed by atoms with van der Waals surface area (Å²) >= 11 is 1.56. The first-order valence-electron chi connectivity index (χ1n) is 5.16. The van der Waals surface area contributed by atoms with E-state index >= 15 is 0 Å². The van der Waals surface area contributed by atoms with E-state index in [0.717, 1.165) is 16.2 Å². The zero-order valence-corrected chi connectivity index (χ0v) is 10.2. The van der Waals surface area contributed by atoms with Gasteiger partial charge in [0.2, 0.25) is 0 Å². The minimum atomic E-state index is -0.761. The number of rotatable bonds is 2. The quantitative estimate of drug-likeness (QED) is 0.823. The van der Waals surface area contributed by atoms with Crippen molar-refractivity contribution in [3.63, 3.8) is 0 Å². The van der Waals surface area contributed by atoms with Crippen molar-refractivity contribution in [3.05, 3.63) is 52.2 Å². The van der Waals surface area contributed by atoms with E-state index in [1.165, 1.54) is 0 Å². The van der Waals surface area contributed by atoms with Gasteiger partial charge in [-0.15, -0.1) is 11.3 Å². The molecule has 2 rings (SSSR count). The monoisotopic (exact) mass is 244 g/mol. The second-order valence-corrected chi connectivity index (χ2v) is 4.37. The number of ether oxygens (including phenoxy) is 1. The minimum absolute atomic E-state index is 0.761. The van der Waals surface area contributed by atoms with E-state index in [1.807, 2.05) is 41.8 Å². The fourth-order valence-electron chi connectivity index (χ4n) is 1.36. The highest BCUT2D eigenvalue weighted by Gasteiger charge is 2.03. The molecule has 0 saturated heterocycles. The molecule has 0 fully saturated rings. The maximum atomic E-state index is 9.87. The summed E-state index contributed by atoms with van der Waals surface area (Å²) in [7, 11) is 1.61. The van der Waals surface area contributed by atoms with Gasteiger partial charge in [-0.05, 0) is 29.1 Å². The van der Waals surface area contributed by atoms with Crippen molar-refractivity contribution < 1.29 is 9.84 Å². The molecule has 0 aliphatic rings. The van der Waals surface area contributed by atoms with Crippen molar-refractivity contribution in [1.29, 1.82) is 0 Å². The van der Waals surface area contributed by atoms with Gasteiger partial charge in [-0.25, -0.2) is 0 Å². The van der Waals surface area contributed by atoms with Gasteiger partial charge in [0.05, 0.1) is 12.0 Å². The van der Waals surface area contributed by atoms with Gasteiger partial charge in [0.25, 0.3) is 0 Å². The summed E-state index contributed by atoms with van der Waals surface area (Å²) in [6.45, 7) is 0. The Kier molecular flexibility index (Phi) is 3.81. The van der Waals surface area contributed by atoms with Crippen LogP contribution in [0.2, 0.25) is 0 Å². The number of aliphatic hydroxyl groups is 1. The lowest BCUT2D eigenvalue weighted by molar-refractivity contribution is 0.238. The summed E-state index contributed by atoms with van der Waals surface area (Å²) in [6, 6.07) is 11.1. The van der Waals surface area contributed by atoms with Gasteiger partial charge < -0.3 is 9.84 Å². The van der Waals surface area contributed by atoms with Gasteiger partial charge in [0.1, 0.15) is 11.9 Å². The predicted octanol–water partition coefficient (Wildman–Crippen LogP) is 2.84. The van der Waals surface area contributed by atoms with Crippen LogP contribution in [0.3, 0.4) is 0 Å². The van der Waals surface area contributed by atoms with E-state index in [4.69, 9.17) is 4.74 Å². The third-order valence-electron chi connectivity index (χ3n) is 2.28. The standard InChI is InChI=1S/C14H12O2S/c1-16-12-6-4-11(5-7-12)14(15)9-8-13-3-2-10-17-13/h2-7,10,14-15H,1H3. The summed E-state index contributed by atoms with van der Waals surface area (Å²) in [5, 5.41) is 11.8. The number of aliphatic hydroxyl groups excluding tert-OH is 1. The van der Waals surface area contributed by atoms with Crippen molar-refractivity contribution in [2.75, 3.05) is 7.11 Å². The molecule has 86 valence electrons. The zero-order chi connectivity index (χ0) is 12.1. The van der Waals surface area contributed by atoms with Gasteiger partial charge in [-0.3, -0.25) is 0 Å². The van der Waals surface area contributed by atoms with E-state index in [-0.39, 0.29) is 0 Å². The van der Waals surface area contributed by atoms with Gasteiger partial charge >= 0.3 is 0 Å². The fourth-order valence-corrected chi connectivity index (χ4v) is 1.94. The van der Waals surface area contributed by atoms with E-state index in [1.54, 1.807) is 18.4 Å². The average molecular weight is 244 g/mol. The third-order valence-corrected chi connectivity index (χ3v) is 3.07. The molecular formula is C14H12O2S. The van der Waals surface area contributed by atoms with Gasteiger partial charge in [0.15, 0.2) is 0 Å². The van der Waals surface area contributed by atoms with Crippen molar-refractivity contribution in [1.82, 2.24) is 0 Å². The molecule has 0 radical (unpaired) electrons. The van der Waals surface area contributed by atoms with Crippen LogP contribution in [0, 0.1) is 11.8 Å². The van der Waals surface area contributed by atoms with Crippen molar-refractivity contribution in [2.24, 2.45) is 0 Å². The van der Waals surface area contributed by atoms with E-state index in [2.05, 4.69) is 11.8 Å². The van der Waals surface area contributed by atoms with Crippen LogP contribution < -0.4 is 4.74 Å². The summed E-state index contributed by atoms with van der Waals surface area (Å²) in [5.74, 6) is 6.52. The molecule has 2 nitrogen and oxygen atoms in total. The molecule has 0 saturated carbocycles. The molecule has 1 aromatic heterocycles. The molecule has 17 heavy (non-hydrogen) atoms. The first kappa shape index (κ1) is 11.7. The molecule has 1 N–H and O–H groups in total. The maximum Gasteiger partial charge on any atom is 0.140 e. The number of thiophene rings is 1. The molecule has 0 aliphatic carbocycles. The molecular weight excluding hydrogens is 232 g/mol. The highest BCUT2D eigenvalue weighted by molar-refractivity contribution is 7.10. The maximum absolute atomic E-state index is 9.87. The van der Waals surface area contributed by atoms with E-state index in [0.29, 0.717) is 0 Å². The Morgan fingerprint density at radius 1 is 1.24 bits per heavy atom. The zero-order valence-electron chi connectivity index (χ0n) is 9.38. The van der Waals surface area contributed by atoms with Crippen LogP contribution in [0.4, 0.5) is 0 Å². The highest BCUT2D eigenvalue weighted by atomic mass is 32.1. The Bertz CT molecular complexity index is 518. The number of methoxy groups -OCH3 is 1. The Labute approximate surface area is 104 Å². The minimum Gasteiger partial charge on any atom is -0.497 e. The van der Waals surface area contributed by atoms with E-state index < -0.39 is 6.10 Å². The molecule has 0 spiro atoms.